The maximum absolute atomic E-state index is 12.1. The average molecular weight is 371 g/mol. The molecule has 0 aromatic heterocycles. The summed E-state index contributed by atoms with van der Waals surface area (Å²) in [4.78, 5) is 35.4. The number of rotatable bonds is 8. The summed E-state index contributed by atoms with van der Waals surface area (Å²) in [6.45, 7) is 1.35. The van der Waals surface area contributed by atoms with E-state index in [4.69, 9.17) is 9.47 Å². The molecule has 0 spiro atoms. The van der Waals surface area contributed by atoms with E-state index in [1.165, 1.54) is 19.2 Å². The lowest BCUT2D eigenvalue weighted by Gasteiger charge is -2.16. The summed E-state index contributed by atoms with van der Waals surface area (Å²) < 4.78 is 15.2. The zero-order chi connectivity index (χ0) is 19.6. The maximum Gasteiger partial charge on any atom is 0.347 e. The summed E-state index contributed by atoms with van der Waals surface area (Å²) in [7, 11) is 1.29. The van der Waals surface area contributed by atoms with Gasteiger partial charge in [0.05, 0.1) is 12.7 Å². The largest absolute Gasteiger partial charge is 0.479 e. The molecule has 2 aromatic carbocycles. The van der Waals surface area contributed by atoms with Gasteiger partial charge in [0, 0.05) is 5.69 Å². The molecule has 0 bridgehead atoms. The van der Waals surface area contributed by atoms with Crippen molar-refractivity contribution in [1.82, 2.24) is 0 Å². The molecule has 0 heterocycles. The van der Waals surface area contributed by atoms with Gasteiger partial charge in [-0.15, -0.1) is 0 Å². The number of amides is 1. The third kappa shape index (κ3) is 6.14. The van der Waals surface area contributed by atoms with Crippen LogP contribution in [-0.2, 0) is 19.1 Å². The zero-order valence-corrected chi connectivity index (χ0v) is 15.1. The highest BCUT2D eigenvalue weighted by atomic mass is 16.6. The summed E-state index contributed by atoms with van der Waals surface area (Å²) in [6.07, 6.45) is -0.385. The average Bonchev–Trinajstić information content (AvgIpc) is 2.71. The van der Waals surface area contributed by atoms with Gasteiger partial charge < -0.3 is 19.5 Å². The van der Waals surface area contributed by atoms with Gasteiger partial charge in [-0.1, -0.05) is 25.1 Å². The van der Waals surface area contributed by atoms with Crippen molar-refractivity contribution in [3.05, 3.63) is 60.2 Å². The van der Waals surface area contributed by atoms with Crippen molar-refractivity contribution in [2.45, 2.75) is 19.4 Å². The number of methoxy groups -OCH3 is 1. The van der Waals surface area contributed by atoms with Crippen LogP contribution in [0.4, 0.5) is 5.69 Å². The number of benzene rings is 2. The lowest BCUT2D eigenvalue weighted by molar-refractivity contribution is -0.154. The second-order valence-corrected chi connectivity index (χ2v) is 5.55. The number of esters is 2. The van der Waals surface area contributed by atoms with Crippen LogP contribution >= 0.6 is 0 Å². The molecule has 1 amide bonds. The Hall–Kier alpha value is -3.35. The van der Waals surface area contributed by atoms with Crippen LogP contribution in [0.25, 0.3) is 0 Å². The molecule has 27 heavy (non-hydrogen) atoms. The monoisotopic (exact) mass is 371 g/mol. The van der Waals surface area contributed by atoms with Gasteiger partial charge in [-0.05, 0) is 42.8 Å². The minimum Gasteiger partial charge on any atom is -0.479 e. The second kappa shape index (κ2) is 9.96. The summed E-state index contributed by atoms with van der Waals surface area (Å²) >= 11 is 0. The fraction of sp³-hybridized carbons (Fsp3) is 0.250. The van der Waals surface area contributed by atoms with Crippen LogP contribution in [0.3, 0.4) is 0 Å². The third-order valence-corrected chi connectivity index (χ3v) is 3.59. The first-order chi connectivity index (χ1) is 13.0. The second-order valence-electron chi connectivity index (χ2n) is 5.55. The van der Waals surface area contributed by atoms with Gasteiger partial charge in [-0.25, -0.2) is 9.59 Å². The fourth-order valence-electron chi connectivity index (χ4n) is 2.20. The summed E-state index contributed by atoms with van der Waals surface area (Å²) in [6, 6.07) is 15.1. The smallest absolute Gasteiger partial charge is 0.347 e. The van der Waals surface area contributed by atoms with Crippen LogP contribution in [-0.4, -0.2) is 37.7 Å². The summed E-state index contributed by atoms with van der Waals surface area (Å²) in [5.41, 5.74) is 0.835. The highest BCUT2D eigenvalue weighted by Crippen LogP contribution is 2.14. The highest BCUT2D eigenvalue weighted by molar-refractivity contribution is 5.94. The SMILES string of the molecule is CC[C@@H](Oc1ccccc1)C(=O)OCC(=O)Nc1ccc(C(=O)OC)cc1. The predicted octanol–water partition coefficient (Wildman–Crippen LogP) is 2.81. The number of para-hydroxylation sites is 1. The molecule has 0 aliphatic rings. The van der Waals surface area contributed by atoms with Crippen LogP contribution in [0.15, 0.2) is 54.6 Å². The number of carbonyl (C=O) groups excluding carboxylic acids is 3. The van der Waals surface area contributed by atoms with Crippen LogP contribution in [0.5, 0.6) is 5.75 Å². The standard InChI is InChI=1S/C20H21NO6/c1-3-17(27-16-7-5-4-6-8-16)20(24)26-13-18(22)21-15-11-9-14(10-12-15)19(23)25-2/h4-12,17H,3,13H2,1-2H3,(H,21,22)/t17-/m1/s1. The lowest BCUT2D eigenvalue weighted by atomic mass is 10.2. The van der Waals surface area contributed by atoms with Crippen LogP contribution in [0.1, 0.15) is 23.7 Å². The van der Waals surface area contributed by atoms with E-state index >= 15 is 0 Å². The minimum atomic E-state index is -0.792. The molecular formula is C20H21NO6. The quantitative estimate of drug-likeness (QED) is 0.718. The Balaban J connectivity index is 1.83. The van der Waals surface area contributed by atoms with Crippen LogP contribution in [0, 0.1) is 0 Å². The fourth-order valence-corrected chi connectivity index (χ4v) is 2.20. The van der Waals surface area contributed by atoms with Crippen molar-refractivity contribution in [3.63, 3.8) is 0 Å². The number of hydrogen-bond donors (Lipinski definition) is 1. The zero-order valence-electron chi connectivity index (χ0n) is 15.1. The first-order valence-electron chi connectivity index (χ1n) is 8.40. The van der Waals surface area contributed by atoms with Crippen LogP contribution < -0.4 is 10.1 Å². The van der Waals surface area contributed by atoms with Crippen molar-refractivity contribution in [2.75, 3.05) is 19.0 Å². The molecule has 142 valence electrons. The molecule has 1 atom stereocenters. The maximum atomic E-state index is 12.1. The van der Waals surface area contributed by atoms with Gasteiger partial charge in [0.1, 0.15) is 5.75 Å². The topological polar surface area (TPSA) is 90.9 Å². The Labute approximate surface area is 157 Å². The Kier molecular flexibility index (Phi) is 7.37. The van der Waals surface area contributed by atoms with Gasteiger partial charge in [-0.3, -0.25) is 4.79 Å². The highest BCUT2D eigenvalue weighted by Gasteiger charge is 2.21. The summed E-state index contributed by atoms with van der Waals surface area (Å²) in [5.74, 6) is -1.02. The number of nitrogens with one attached hydrogen (secondary N) is 1. The normalized spacial score (nSPS) is 11.2. The predicted molar refractivity (Wildman–Crippen MR) is 98.5 cm³/mol. The van der Waals surface area contributed by atoms with Gasteiger partial charge >= 0.3 is 11.9 Å². The molecule has 7 nitrogen and oxygen atoms in total. The van der Waals surface area contributed by atoms with Gasteiger partial charge in [-0.2, -0.15) is 0 Å². The van der Waals surface area contributed by atoms with Gasteiger partial charge in [0.25, 0.3) is 5.91 Å². The number of hydrogen-bond acceptors (Lipinski definition) is 6. The number of carbonyl (C=O) groups is 3. The molecule has 0 saturated carbocycles. The lowest BCUT2D eigenvalue weighted by Crippen LogP contribution is -2.31. The molecule has 2 rings (SSSR count). The molecule has 0 aliphatic heterocycles. The Morgan fingerprint density at radius 2 is 1.67 bits per heavy atom. The molecule has 0 saturated heterocycles. The van der Waals surface area contributed by atoms with Crippen molar-refractivity contribution < 1.29 is 28.6 Å². The van der Waals surface area contributed by atoms with E-state index in [0.717, 1.165) is 0 Å². The Morgan fingerprint density at radius 1 is 1.00 bits per heavy atom. The van der Waals surface area contributed by atoms with Crippen molar-refractivity contribution in [1.29, 1.82) is 0 Å². The molecular weight excluding hydrogens is 350 g/mol. The Bertz CT molecular complexity index is 773. The number of ether oxygens (including phenoxy) is 3. The van der Waals surface area contributed by atoms with Crippen molar-refractivity contribution in [2.24, 2.45) is 0 Å². The molecule has 2 aromatic rings. The van der Waals surface area contributed by atoms with Crippen LogP contribution in [0.2, 0.25) is 0 Å². The molecule has 0 aliphatic carbocycles. The first-order valence-corrected chi connectivity index (χ1v) is 8.40. The summed E-state index contributed by atoms with van der Waals surface area (Å²) in [5, 5.41) is 2.58. The first kappa shape index (κ1) is 20.0. The van der Waals surface area contributed by atoms with E-state index in [0.29, 0.717) is 23.4 Å². The van der Waals surface area contributed by atoms with Crippen molar-refractivity contribution >= 4 is 23.5 Å². The van der Waals surface area contributed by atoms with E-state index in [1.807, 2.05) is 6.07 Å². The molecule has 1 N–H and O–H groups in total. The van der Waals surface area contributed by atoms with E-state index in [-0.39, 0.29) is 0 Å². The van der Waals surface area contributed by atoms with E-state index in [1.54, 1.807) is 43.3 Å². The molecule has 0 radical (unpaired) electrons. The molecule has 0 fully saturated rings. The van der Waals surface area contributed by atoms with Gasteiger partial charge in [0.15, 0.2) is 12.7 Å². The molecule has 0 unspecified atom stereocenters. The molecule has 7 heteroatoms. The van der Waals surface area contributed by atoms with Crippen molar-refractivity contribution in [3.8, 4) is 5.75 Å². The number of anilines is 1. The minimum absolute atomic E-state index is 0.366. The third-order valence-electron chi connectivity index (χ3n) is 3.59. The van der Waals surface area contributed by atoms with E-state index < -0.39 is 30.6 Å². The Morgan fingerprint density at radius 3 is 2.26 bits per heavy atom. The van der Waals surface area contributed by atoms with E-state index in [9.17, 15) is 14.4 Å². The van der Waals surface area contributed by atoms with Gasteiger partial charge in [0.2, 0.25) is 0 Å². The van der Waals surface area contributed by atoms with E-state index in [2.05, 4.69) is 10.1 Å².